The second-order valence-electron chi connectivity index (χ2n) is 4.59. The van der Waals surface area contributed by atoms with Crippen molar-refractivity contribution in [1.29, 1.82) is 0 Å². The van der Waals surface area contributed by atoms with Crippen molar-refractivity contribution in [3.63, 3.8) is 0 Å². The van der Waals surface area contributed by atoms with Crippen molar-refractivity contribution in [1.82, 2.24) is 9.55 Å². The van der Waals surface area contributed by atoms with E-state index in [9.17, 15) is 9.90 Å². The number of nitrogens with zero attached hydrogens (tertiary/aromatic N) is 2. The van der Waals surface area contributed by atoms with Gasteiger partial charge in [0.05, 0.1) is 17.4 Å². The number of terminal acetylenes is 1. The summed E-state index contributed by atoms with van der Waals surface area (Å²) in [4.78, 5) is 17.1. The minimum Gasteiger partial charge on any atom is -0.508 e. The Morgan fingerprint density at radius 2 is 1.86 bits per heavy atom. The van der Waals surface area contributed by atoms with Crippen molar-refractivity contribution >= 4 is 10.9 Å². The average molecular weight is 276 g/mol. The average Bonchev–Trinajstić information content (AvgIpc) is 2.51. The van der Waals surface area contributed by atoms with Crippen molar-refractivity contribution < 1.29 is 5.11 Å². The smallest absolute Gasteiger partial charge is 0.262 e. The summed E-state index contributed by atoms with van der Waals surface area (Å²) < 4.78 is 1.47. The minimum absolute atomic E-state index is 0.146. The molecule has 3 aromatic rings. The third-order valence-corrected chi connectivity index (χ3v) is 3.24. The monoisotopic (exact) mass is 276 g/mol. The number of hydrogen-bond acceptors (Lipinski definition) is 3. The van der Waals surface area contributed by atoms with Crippen LogP contribution in [0.25, 0.3) is 22.3 Å². The van der Waals surface area contributed by atoms with E-state index >= 15 is 0 Å². The summed E-state index contributed by atoms with van der Waals surface area (Å²) in [5.74, 6) is 3.14. The van der Waals surface area contributed by atoms with Gasteiger partial charge in [0, 0.05) is 5.56 Å². The van der Waals surface area contributed by atoms with Crippen molar-refractivity contribution in [2.24, 2.45) is 0 Å². The van der Waals surface area contributed by atoms with E-state index in [4.69, 9.17) is 6.42 Å². The fourth-order valence-corrected chi connectivity index (χ4v) is 2.24. The molecule has 1 N–H and O–H groups in total. The molecule has 0 spiro atoms. The van der Waals surface area contributed by atoms with E-state index in [-0.39, 0.29) is 17.9 Å². The summed E-state index contributed by atoms with van der Waals surface area (Å²) in [7, 11) is 0. The summed E-state index contributed by atoms with van der Waals surface area (Å²) in [5, 5.41) is 9.92. The van der Waals surface area contributed by atoms with Gasteiger partial charge in [0.15, 0.2) is 0 Å². The zero-order chi connectivity index (χ0) is 14.8. The molecule has 0 fully saturated rings. The Bertz CT molecular complexity index is 903. The second kappa shape index (κ2) is 5.14. The Labute approximate surface area is 121 Å². The second-order valence-corrected chi connectivity index (χ2v) is 4.59. The van der Waals surface area contributed by atoms with Crippen LogP contribution in [0.2, 0.25) is 0 Å². The number of fused-ring (bicyclic) bond motifs is 1. The van der Waals surface area contributed by atoms with Gasteiger partial charge in [-0.2, -0.15) is 0 Å². The summed E-state index contributed by atoms with van der Waals surface area (Å²) in [6.07, 6.45) is 5.37. The number of rotatable bonds is 2. The predicted molar refractivity (Wildman–Crippen MR) is 81.9 cm³/mol. The third kappa shape index (κ3) is 2.26. The van der Waals surface area contributed by atoms with E-state index in [1.165, 1.54) is 4.57 Å². The molecule has 1 aromatic heterocycles. The maximum Gasteiger partial charge on any atom is 0.262 e. The molecule has 0 saturated carbocycles. The Hall–Kier alpha value is -3.06. The Morgan fingerprint density at radius 3 is 2.57 bits per heavy atom. The van der Waals surface area contributed by atoms with Crippen molar-refractivity contribution in [2.75, 3.05) is 0 Å². The zero-order valence-corrected chi connectivity index (χ0v) is 11.2. The number of hydrogen-bond donors (Lipinski definition) is 1. The molecule has 0 amide bonds. The van der Waals surface area contributed by atoms with Crippen LogP contribution in [0, 0.1) is 12.3 Å². The highest BCUT2D eigenvalue weighted by Gasteiger charge is 2.11. The molecular formula is C17H12N2O2. The normalized spacial score (nSPS) is 10.4. The fraction of sp³-hybridized carbons (Fsp3) is 0.0588. The lowest BCUT2D eigenvalue weighted by molar-refractivity contribution is 0.475. The summed E-state index contributed by atoms with van der Waals surface area (Å²) in [6.45, 7) is 0.146. The van der Waals surface area contributed by atoms with Gasteiger partial charge >= 0.3 is 0 Å². The lowest BCUT2D eigenvalue weighted by atomic mass is 10.1. The van der Waals surface area contributed by atoms with Gasteiger partial charge < -0.3 is 5.11 Å². The molecule has 0 aliphatic rings. The van der Waals surface area contributed by atoms with E-state index < -0.39 is 0 Å². The standard InChI is InChI=1S/C17H12N2O2/c1-2-11-19-16(12-7-9-13(20)10-8-12)18-15-6-4-3-5-14(15)17(19)21/h1,3-10,20H,11H2. The number of para-hydroxylation sites is 1. The third-order valence-electron chi connectivity index (χ3n) is 3.24. The maximum absolute atomic E-state index is 12.6. The van der Waals surface area contributed by atoms with Crippen LogP contribution in [0.15, 0.2) is 53.3 Å². The van der Waals surface area contributed by atoms with Gasteiger partial charge in [-0.05, 0) is 36.4 Å². The number of benzene rings is 2. The molecular weight excluding hydrogens is 264 g/mol. The number of phenols is 1. The van der Waals surface area contributed by atoms with Crippen molar-refractivity contribution in [3.8, 4) is 29.5 Å². The highest BCUT2D eigenvalue weighted by molar-refractivity contribution is 5.79. The quantitative estimate of drug-likeness (QED) is 0.731. The highest BCUT2D eigenvalue weighted by Crippen LogP contribution is 2.21. The lowest BCUT2D eigenvalue weighted by Gasteiger charge is -2.11. The first kappa shape index (κ1) is 12.9. The van der Waals surface area contributed by atoms with E-state index in [1.807, 2.05) is 6.07 Å². The highest BCUT2D eigenvalue weighted by atomic mass is 16.3. The van der Waals surface area contributed by atoms with Crippen molar-refractivity contribution in [3.05, 3.63) is 58.9 Å². The van der Waals surface area contributed by atoms with Gasteiger partial charge in [-0.3, -0.25) is 9.36 Å². The van der Waals surface area contributed by atoms with Crippen molar-refractivity contribution in [2.45, 2.75) is 6.54 Å². The van der Waals surface area contributed by atoms with E-state index in [0.717, 1.165) is 5.56 Å². The first-order valence-corrected chi connectivity index (χ1v) is 6.43. The van der Waals surface area contributed by atoms with Crippen LogP contribution < -0.4 is 5.56 Å². The van der Waals surface area contributed by atoms with Gasteiger partial charge in [-0.25, -0.2) is 4.98 Å². The van der Waals surface area contributed by atoms with Crippen LogP contribution in [-0.2, 0) is 6.54 Å². The molecule has 2 aromatic carbocycles. The molecule has 4 nitrogen and oxygen atoms in total. The Balaban J connectivity index is 2.35. The predicted octanol–water partition coefficient (Wildman–Crippen LogP) is 2.40. The number of phenolic OH excluding ortho intramolecular Hbond substituents is 1. The molecule has 0 radical (unpaired) electrons. The molecule has 0 unspecified atom stereocenters. The first-order valence-electron chi connectivity index (χ1n) is 6.43. The van der Waals surface area contributed by atoms with Gasteiger partial charge in [-0.15, -0.1) is 6.42 Å². The zero-order valence-electron chi connectivity index (χ0n) is 11.2. The van der Waals surface area contributed by atoms with Crippen LogP contribution in [-0.4, -0.2) is 14.7 Å². The van der Waals surface area contributed by atoms with E-state index in [0.29, 0.717) is 16.7 Å². The Morgan fingerprint density at radius 1 is 1.14 bits per heavy atom. The molecule has 0 aliphatic carbocycles. The molecule has 0 saturated heterocycles. The van der Waals surface area contributed by atoms with Crippen LogP contribution >= 0.6 is 0 Å². The largest absolute Gasteiger partial charge is 0.508 e. The minimum atomic E-state index is -0.165. The maximum atomic E-state index is 12.6. The van der Waals surface area contributed by atoms with Crippen LogP contribution in [0.3, 0.4) is 0 Å². The molecule has 0 bridgehead atoms. The van der Waals surface area contributed by atoms with E-state index in [1.54, 1.807) is 42.5 Å². The molecule has 102 valence electrons. The molecule has 21 heavy (non-hydrogen) atoms. The Kier molecular flexibility index (Phi) is 3.17. The molecule has 4 heteroatoms. The van der Waals surface area contributed by atoms with Crippen LogP contribution in [0.4, 0.5) is 0 Å². The fourth-order valence-electron chi connectivity index (χ4n) is 2.24. The molecule has 1 heterocycles. The topological polar surface area (TPSA) is 55.1 Å². The lowest BCUT2D eigenvalue weighted by Crippen LogP contribution is -2.23. The van der Waals surface area contributed by atoms with E-state index in [2.05, 4.69) is 10.9 Å². The van der Waals surface area contributed by atoms with Gasteiger partial charge in [-0.1, -0.05) is 18.1 Å². The van der Waals surface area contributed by atoms with Crippen LogP contribution in [0.1, 0.15) is 0 Å². The number of aromatic nitrogens is 2. The summed E-state index contributed by atoms with van der Waals surface area (Å²) >= 11 is 0. The summed E-state index contributed by atoms with van der Waals surface area (Å²) in [6, 6.07) is 13.7. The molecule has 3 rings (SSSR count). The van der Waals surface area contributed by atoms with Gasteiger partial charge in [0.2, 0.25) is 0 Å². The van der Waals surface area contributed by atoms with Gasteiger partial charge in [0.1, 0.15) is 11.6 Å². The van der Waals surface area contributed by atoms with Gasteiger partial charge in [0.25, 0.3) is 5.56 Å². The summed E-state index contributed by atoms with van der Waals surface area (Å²) in [5.41, 5.74) is 1.19. The number of aromatic hydroxyl groups is 1. The SMILES string of the molecule is C#CCn1c(-c2ccc(O)cc2)nc2ccccc2c1=O. The van der Waals surface area contributed by atoms with Crippen LogP contribution in [0.5, 0.6) is 5.75 Å². The molecule has 0 aliphatic heterocycles. The first-order chi connectivity index (χ1) is 10.2. The molecule has 0 atom stereocenters.